The molecule has 0 aliphatic heterocycles. The fourth-order valence-electron chi connectivity index (χ4n) is 1.38. The van der Waals surface area contributed by atoms with Gasteiger partial charge in [0.05, 0.1) is 0 Å². The lowest BCUT2D eigenvalue weighted by Gasteiger charge is -2.09. The second kappa shape index (κ2) is 6.18. The van der Waals surface area contributed by atoms with Gasteiger partial charge in [-0.1, -0.05) is 17.7 Å². The molecule has 2 aromatic rings. The van der Waals surface area contributed by atoms with Crippen molar-refractivity contribution in [2.75, 3.05) is 5.75 Å². The van der Waals surface area contributed by atoms with Crippen LogP contribution in [0.15, 0.2) is 41.6 Å². The highest BCUT2D eigenvalue weighted by Gasteiger charge is 2.11. The first-order valence-corrected chi connectivity index (χ1v) is 6.86. The van der Waals surface area contributed by atoms with Crippen LogP contribution in [0, 0.1) is 6.92 Å². The van der Waals surface area contributed by atoms with Crippen LogP contribution in [0.1, 0.15) is 17.5 Å². The van der Waals surface area contributed by atoms with Gasteiger partial charge in [0, 0.05) is 28.1 Å². The first kappa shape index (κ1) is 13.3. The number of thioether (sulfide) groups is 1. The Hall–Kier alpha value is -1.10. The van der Waals surface area contributed by atoms with Crippen LogP contribution in [-0.4, -0.2) is 20.8 Å². The first-order chi connectivity index (χ1) is 8.65. The van der Waals surface area contributed by atoms with Crippen LogP contribution in [0.5, 0.6) is 0 Å². The van der Waals surface area contributed by atoms with Gasteiger partial charge in [-0.05, 0) is 30.7 Å². The monoisotopic (exact) mass is 280 g/mol. The van der Waals surface area contributed by atoms with Gasteiger partial charge in [-0.3, -0.25) is 0 Å². The average molecular weight is 281 g/mol. The molecule has 3 nitrogen and oxygen atoms in total. The summed E-state index contributed by atoms with van der Waals surface area (Å²) in [5.74, 6) is 0.957. The number of benzene rings is 1. The van der Waals surface area contributed by atoms with Crippen molar-refractivity contribution in [3.63, 3.8) is 0 Å². The predicted octanol–water partition coefficient (Wildman–Crippen LogP) is 3.26. The molecule has 0 saturated carbocycles. The molecule has 18 heavy (non-hydrogen) atoms. The molecule has 0 saturated heterocycles. The fourth-order valence-corrected chi connectivity index (χ4v) is 2.52. The Morgan fingerprint density at radius 3 is 2.72 bits per heavy atom. The Kier molecular flexibility index (Phi) is 4.58. The molecule has 1 N–H and O–H groups in total. The zero-order valence-electron chi connectivity index (χ0n) is 9.88. The van der Waals surface area contributed by atoms with Crippen LogP contribution in [0.4, 0.5) is 0 Å². The average Bonchev–Trinajstić information content (AvgIpc) is 2.37. The largest absolute Gasteiger partial charge is 0.384 e. The maximum atomic E-state index is 9.96. The zero-order valence-corrected chi connectivity index (χ0v) is 11.4. The van der Waals surface area contributed by atoms with E-state index in [0.717, 1.165) is 10.5 Å². The minimum Gasteiger partial charge on any atom is -0.384 e. The molecular weight excluding hydrogens is 268 g/mol. The molecule has 1 atom stereocenters. The molecule has 0 radical (unpaired) electrons. The van der Waals surface area contributed by atoms with E-state index in [0.29, 0.717) is 16.6 Å². The number of aromatic nitrogens is 2. The van der Waals surface area contributed by atoms with Crippen LogP contribution in [-0.2, 0) is 0 Å². The number of hydrogen-bond acceptors (Lipinski definition) is 4. The van der Waals surface area contributed by atoms with Gasteiger partial charge in [0.2, 0.25) is 0 Å². The van der Waals surface area contributed by atoms with Gasteiger partial charge in [-0.2, -0.15) is 0 Å². The minimum absolute atomic E-state index is 0.454. The van der Waals surface area contributed by atoms with Gasteiger partial charge in [0.25, 0.3) is 0 Å². The van der Waals surface area contributed by atoms with Crippen LogP contribution in [0.2, 0.25) is 5.02 Å². The fraction of sp³-hybridized carbons (Fsp3) is 0.231. The van der Waals surface area contributed by atoms with E-state index < -0.39 is 6.10 Å². The van der Waals surface area contributed by atoms with Crippen molar-refractivity contribution in [1.29, 1.82) is 0 Å². The molecule has 0 bridgehead atoms. The van der Waals surface area contributed by atoms with E-state index in [9.17, 15) is 5.11 Å². The molecule has 94 valence electrons. The number of nitrogens with zero attached hydrogens (tertiary/aromatic N) is 2. The summed E-state index contributed by atoms with van der Waals surface area (Å²) in [5.41, 5.74) is 0.980. The lowest BCUT2D eigenvalue weighted by molar-refractivity contribution is 0.193. The summed E-state index contributed by atoms with van der Waals surface area (Å²) in [6.07, 6.45) is 2.74. The summed E-state index contributed by atoms with van der Waals surface area (Å²) in [4.78, 5) is 9.24. The van der Waals surface area contributed by atoms with Crippen LogP contribution in [0.3, 0.4) is 0 Å². The molecule has 2 rings (SSSR count). The molecule has 0 aliphatic carbocycles. The SMILES string of the molecule is Cc1cnc(C(O)CSc2cccc(Cl)c2)nc1. The Bertz CT molecular complexity index is 519. The van der Waals surface area contributed by atoms with Gasteiger partial charge in [-0.15, -0.1) is 11.8 Å². The number of hydrogen-bond donors (Lipinski definition) is 1. The summed E-state index contributed by atoms with van der Waals surface area (Å²) in [7, 11) is 0. The number of aliphatic hydroxyl groups excluding tert-OH is 1. The molecule has 0 amide bonds. The summed E-state index contributed by atoms with van der Waals surface area (Å²) in [6.45, 7) is 1.91. The normalized spacial score (nSPS) is 12.4. The third kappa shape index (κ3) is 3.70. The Labute approximate surface area is 115 Å². The Morgan fingerprint density at radius 1 is 1.33 bits per heavy atom. The van der Waals surface area contributed by atoms with Crippen molar-refractivity contribution in [2.45, 2.75) is 17.9 Å². The molecule has 1 aromatic heterocycles. The highest BCUT2D eigenvalue weighted by Crippen LogP contribution is 2.25. The number of rotatable bonds is 4. The molecule has 0 spiro atoms. The van der Waals surface area contributed by atoms with E-state index in [2.05, 4.69) is 9.97 Å². The van der Waals surface area contributed by atoms with Crippen LogP contribution < -0.4 is 0 Å². The first-order valence-electron chi connectivity index (χ1n) is 5.50. The van der Waals surface area contributed by atoms with E-state index in [4.69, 9.17) is 11.6 Å². The van der Waals surface area contributed by atoms with Crippen molar-refractivity contribution < 1.29 is 5.11 Å². The molecule has 1 aromatic carbocycles. The topological polar surface area (TPSA) is 46.0 Å². The number of aliphatic hydroxyl groups is 1. The van der Waals surface area contributed by atoms with E-state index in [1.165, 1.54) is 11.8 Å². The van der Waals surface area contributed by atoms with Gasteiger partial charge in [0.15, 0.2) is 5.82 Å². The predicted molar refractivity (Wildman–Crippen MR) is 73.9 cm³/mol. The number of aryl methyl sites for hydroxylation is 1. The minimum atomic E-state index is -0.672. The molecule has 5 heteroatoms. The summed E-state index contributed by atoms with van der Waals surface area (Å²) >= 11 is 7.42. The van der Waals surface area contributed by atoms with Crippen LogP contribution >= 0.6 is 23.4 Å². The van der Waals surface area contributed by atoms with Crippen molar-refractivity contribution >= 4 is 23.4 Å². The highest BCUT2D eigenvalue weighted by atomic mass is 35.5. The van der Waals surface area contributed by atoms with E-state index in [-0.39, 0.29) is 0 Å². The van der Waals surface area contributed by atoms with Gasteiger partial charge >= 0.3 is 0 Å². The lowest BCUT2D eigenvalue weighted by atomic mass is 10.3. The van der Waals surface area contributed by atoms with Crippen molar-refractivity contribution in [1.82, 2.24) is 9.97 Å². The van der Waals surface area contributed by atoms with Gasteiger partial charge < -0.3 is 5.11 Å². The lowest BCUT2D eigenvalue weighted by Crippen LogP contribution is -2.06. The number of halogens is 1. The maximum Gasteiger partial charge on any atom is 0.157 e. The second-order valence-corrected chi connectivity index (χ2v) is 5.43. The molecule has 1 unspecified atom stereocenters. The third-order valence-electron chi connectivity index (χ3n) is 2.30. The van der Waals surface area contributed by atoms with E-state index >= 15 is 0 Å². The van der Waals surface area contributed by atoms with Crippen molar-refractivity contribution in [3.05, 3.63) is 53.1 Å². The quantitative estimate of drug-likeness (QED) is 0.873. The molecule has 0 aliphatic rings. The van der Waals surface area contributed by atoms with Gasteiger partial charge in [0.1, 0.15) is 6.10 Å². The van der Waals surface area contributed by atoms with E-state index in [1.807, 2.05) is 31.2 Å². The summed E-state index contributed by atoms with van der Waals surface area (Å²) < 4.78 is 0. The van der Waals surface area contributed by atoms with E-state index in [1.54, 1.807) is 12.4 Å². The zero-order chi connectivity index (χ0) is 13.0. The Balaban J connectivity index is 1.96. The molecule has 0 fully saturated rings. The Morgan fingerprint density at radius 2 is 2.06 bits per heavy atom. The summed E-state index contributed by atoms with van der Waals surface area (Å²) in [5, 5.41) is 10.7. The maximum absolute atomic E-state index is 9.96. The smallest absolute Gasteiger partial charge is 0.157 e. The van der Waals surface area contributed by atoms with Crippen molar-refractivity contribution in [3.8, 4) is 0 Å². The molecular formula is C13H13ClN2OS. The van der Waals surface area contributed by atoms with Gasteiger partial charge in [-0.25, -0.2) is 9.97 Å². The third-order valence-corrected chi connectivity index (χ3v) is 3.61. The summed E-state index contributed by atoms with van der Waals surface area (Å²) in [6, 6.07) is 7.54. The second-order valence-electron chi connectivity index (χ2n) is 3.90. The van der Waals surface area contributed by atoms with Crippen LogP contribution in [0.25, 0.3) is 0 Å². The molecule has 1 heterocycles. The highest BCUT2D eigenvalue weighted by molar-refractivity contribution is 7.99. The standard InChI is InChI=1S/C13H13ClN2OS/c1-9-6-15-13(16-7-9)12(17)8-18-11-4-2-3-10(14)5-11/h2-7,12,17H,8H2,1H3. The van der Waals surface area contributed by atoms with Crippen molar-refractivity contribution in [2.24, 2.45) is 0 Å².